The molecule has 0 saturated heterocycles. The summed E-state index contributed by atoms with van der Waals surface area (Å²) in [7, 11) is 3.30. The summed E-state index contributed by atoms with van der Waals surface area (Å²) in [6.07, 6.45) is 2.84. The molecule has 3 aromatic rings. The van der Waals surface area contributed by atoms with E-state index in [2.05, 4.69) is 22.4 Å². The molecule has 0 unspecified atom stereocenters. The SMILES string of the molecule is COc1cccc(-c2cnc(CNCCc3ccc(Cl)cc3)s2)c1OC. The Labute approximate surface area is 162 Å². The molecular formula is C20H21ClN2O2S. The Bertz CT molecular complexity index is 849. The molecule has 0 radical (unpaired) electrons. The number of methoxy groups -OCH3 is 2. The van der Waals surface area contributed by atoms with Crippen LogP contribution in [0.3, 0.4) is 0 Å². The van der Waals surface area contributed by atoms with E-state index in [9.17, 15) is 0 Å². The fourth-order valence-corrected chi connectivity index (χ4v) is 3.71. The largest absolute Gasteiger partial charge is 0.493 e. The van der Waals surface area contributed by atoms with E-state index in [4.69, 9.17) is 21.1 Å². The zero-order chi connectivity index (χ0) is 18.4. The van der Waals surface area contributed by atoms with E-state index in [1.54, 1.807) is 25.6 Å². The Kier molecular flexibility index (Phi) is 6.50. The van der Waals surface area contributed by atoms with Gasteiger partial charge < -0.3 is 14.8 Å². The van der Waals surface area contributed by atoms with Crippen LogP contribution in [0, 0.1) is 0 Å². The van der Waals surface area contributed by atoms with Gasteiger partial charge in [-0.15, -0.1) is 11.3 Å². The molecule has 3 rings (SSSR count). The van der Waals surface area contributed by atoms with E-state index in [0.717, 1.165) is 51.5 Å². The Balaban J connectivity index is 1.59. The van der Waals surface area contributed by atoms with Gasteiger partial charge in [-0.2, -0.15) is 0 Å². The molecule has 136 valence electrons. The van der Waals surface area contributed by atoms with Crippen LogP contribution in [0.1, 0.15) is 10.6 Å². The first-order valence-electron chi connectivity index (χ1n) is 8.32. The first-order chi connectivity index (χ1) is 12.7. The second-order valence-corrected chi connectivity index (χ2v) is 7.26. The van der Waals surface area contributed by atoms with E-state index >= 15 is 0 Å². The standard InChI is InChI=1S/C20H21ClN2O2S/c1-24-17-5-3-4-16(20(17)25-2)18-12-23-19(26-18)13-22-11-10-14-6-8-15(21)9-7-14/h3-9,12,22H,10-11,13H2,1-2H3. The van der Waals surface area contributed by atoms with E-state index in [0.29, 0.717) is 0 Å². The van der Waals surface area contributed by atoms with Gasteiger partial charge in [0.05, 0.1) is 19.1 Å². The monoisotopic (exact) mass is 388 g/mol. The van der Waals surface area contributed by atoms with Crippen LogP contribution in [0.4, 0.5) is 0 Å². The topological polar surface area (TPSA) is 43.4 Å². The minimum absolute atomic E-state index is 0.723. The minimum Gasteiger partial charge on any atom is -0.493 e. The number of halogens is 1. The maximum Gasteiger partial charge on any atom is 0.169 e. The average molecular weight is 389 g/mol. The van der Waals surface area contributed by atoms with Crippen molar-refractivity contribution in [1.82, 2.24) is 10.3 Å². The molecule has 0 aliphatic rings. The molecule has 2 aromatic carbocycles. The summed E-state index contributed by atoms with van der Waals surface area (Å²) >= 11 is 7.56. The first kappa shape index (κ1) is 18.7. The maximum atomic E-state index is 5.91. The lowest BCUT2D eigenvalue weighted by atomic mass is 10.1. The summed E-state index contributed by atoms with van der Waals surface area (Å²) in [5.41, 5.74) is 2.26. The summed E-state index contributed by atoms with van der Waals surface area (Å²) in [5.74, 6) is 1.46. The van der Waals surface area contributed by atoms with Gasteiger partial charge in [-0.05, 0) is 42.8 Å². The van der Waals surface area contributed by atoms with E-state index in [1.807, 2.05) is 36.5 Å². The summed E-state index contributed by atoms with van der Waals surface area (Å²) in [6, 6.07) is 13.8. The van der Waals surface area contributed by atoms with Gasteiger partial charge in [0.15, 0.2) is 11.5 Å². The van der Waals surface area contributed by atoms with Gasteiger partial charge in [0, 0.05) is 23.3 Å². The molecule has 1 N–H and O–H groups in total. The lowest BCUT2D eigenvalue weighted by Gasteiger charge is -2.10. The quantitative estimate of drug-likeness (QED) is 0.562. The lowest BCUT2D eigenvalue weighted by molar-refractivity contribution is 0.356. The van der Waals surface area contributed by atoms with Crippen LogP contribution in [0.25, 0.3) is 10.4 Å². The molecule has 4 nitrogen and oxygen atoms in total. The highest BCUT2D eigenvalue weighted by atomic mass is 35.5. The molecule has 0 bridgehead atoms. The van der Waals surface area contributed by atoms with Gasteiger partial charge in [-0.3, -0.25) is 0 Å². The van der Waals surface area contributed by atoms with Crippen LogP contribution in [-0.4, -0.2) is 25.7 Å². The summed E-state index contributed by atoms with van der Waals surface area (Å²) in [5, 5.41) is 5.25. The zero-order valence-corrected chi connectivity index (χ0v) is 16.4. The molecule has 1 heterocycles. The Morgan fingerprint density at radius 1 is 1.08 bits per heavy atom. The molecular weight excluding hydrogens is 368 g/mol. The molecule has 6 heteroatoms. The predicted octanol–water partition coefficient (Wildman–Crippen LogP) is 4.81. The fraction of sp³-hybridized carbons (Fsp3) is 0.250. The highest BCUT2D eigenvalue weighted by molar-refractivity contribution is 7.15. The van der Waals surface area contributed by atoms with Crippen molar-refractivity contribution < 1.29 is 9.47 Å². The van der Waals surface area contributed by atoms with Gasteiger partial charge in [0.2, 0.25) is 0 Å². The fourth-order valence-electron chi connectivity index (χ4n) is 2.68. The third-order valence-electron chi connectivity index (χ3n) is 4.00. The maximum absolute atomic E-state index is 5.91. The van der Waals surface area contributed by atoms with Gasteiger partial charge in [0.25, 0.3) is 0 Å². The normalized spacial score (nSPS) is 10.7. The summed E-state index contributed by atoms with van der Waals surface area (Å²) in [6.45, 7) is 1.63. The third-order valence-corrected chi connectivity index (χ3v) is 5.28. The second kappa shape index (κ2) is 9.03. The van der Waals surface area contributed by atoms with Crippen LogP contribution in [-0.2, 0) is 13.0 Å². The second-order valence-electron chi connectivity index (χ2n) is 5.71. The van der Waals surface area contributed by atoms with Crippen molar-refractivity contribution in [3.05, 3.63) is 64.3 Å². The number of thiazole rings is 1. The number of hydrogen-bond acceptors (Lipinski definition) is 5. The van der Waals surface area contributed by atoms with Crippen LogP contribution >= 0.6 is 22.9 Å². The van der Waals surface area contributed by atoms with Crippen molar-refractivity contribution in [2.45, 2.75) is 13.0 Å². The number of hydrogen-bond donors (Lipinski definition) is 1. The highest BCUT2D eigenvalue weighted by Gasteiger charge is 2.13. The lowest BCUT2D eigenvalue weighted by Crippen LogP contribution is -2.16. The molecule has 0 atom stereocenters. The number of benzene rings is 2. The number of aromatic nitrogens is 1. The van der Waals surface area contributed by atoms with Crippen LogP contribution < -0.4 is 14.8 Å². The Hall–Kier alpha value is -2.08. The van der Waals surface area contributed by atoms with Crippen molar-refractivity contribution >= 4 is 22.9 Å². The predicted molar refractivity (Wildman–Crippen MR) is 108 cm³/mol. The van der Waals surface area contributed by atoms with Gasteiger partial charge in [0.1, 0.15) is 5.01 Å². The van der Waals surface area contributed by atoms with Crippen LogP contribution in [0.15, 0.2) is 48.7 Å². The molecule has 0 saturated carbocycles. The van der Waals surface area contributed by atoms with Crippen LogP contribution in [0.5, 0.6) is 11.5 Å². The molecule has 0 amide bonds. The van der Waals surface area contributed by atoms with Gasteiger partial charge in [-0.1, -0.05) is 29.8 Å². The van der Waals surface area contributed by atoms with Crippen molar-refractivity contribution in [2.24, 2.45) is 0 Å². The number of nitrogens with one attached hydrogen (secondary N) is 1. The summed E-state index contributed by atoms with van der Waals surface area (Å²) < 4.78 is 10.9. The number of para-hydroxylation sites is 1. The van der Waals surface area contributed by atoms with Crippen molar-refractivity contribution in [1.29, 1.82) is 0 Å². The molecule has 0 spiro atoms. The molecule has 0 aliphatic carbocycles. The van der Waals surface area contributed by atoms with Crippen LogP contribution in [0.2, 0.25) is 5.02 Å². The van der Waals surface area contributed by atoms with E-state index in [-0.39, 0.29) is 0 Å². The third kappa shape index (κ3) is 4.55. The van der Waals surface area contributed by atoms with E-state index < -0.39 is 0 Å². The van der Waals surface area contributed by atoms with Gasteiger partial charge >= 0.3 is 0 Å². The smallest absolute Gasteiger partial charge is 0.169 e. The first-order valence-corrected chi connectivity index (χ1v) is 9.52. The zero-order valence-electron chi connectivity index (χ0n) is 14.8. The summed E-state index contributed by atoms with van der Waals surface area (Å²) in [4.78, 5) is 5.59. The molecule has 0 aliphatic heterocycles. The average Bonchev–Trinajstić information content (AvgIpc) is 3.14. The number of rotatable bonds is 8. The van der Waals surface area contributed by atoms with Crippen molar-refractivity contribution in [3.8, 4) is 21.9 Å². The van der Waals surface area contributed by atoms with Crippen molar-refractivity contribution in [2.75, 3.05) is 20.8 Å². The Morgan fingerprint density at radius 3 is 2.62 bits per heavy atom. The van der Waals surface area contributed by atoms with E-state index in [1.165, 1.54) is 5.56 Å². The number of ether oxygens (including phenoxy) is 2. The molecule has 26 heavy (non-hydrogen) atoms. The molecule has 0 fully saturated rings. The van der Waals surface area contributed by atoms with Gasteiger partial charge in [-0.25, -0.2) is 4.98 Å². The minimum atomic E-state index is 0.723. The van der Waals surface area contributed by atoms with Crippen molar-refractivity contribution in [3.63, 3.8) is 0 Å². The number of nitrogens with zero attached hydrogens (tertiary/aromatic N) is 1. The Morgan fingerprint density at radius 2 is 1.88 bits per heavy atom. The molecule has 1 aromatic heterocycles. The highest BCUT2D eigenvalue weighted by Crippen LogP contribution is 2.39.